The van der Waals surface area contributed by atoms with Crippen molar-refractivity contribution in [1.82, 2.24) is 0 Å². The summed E-state index contributed by atoms with van der Waals surface area (Å²) in [5.74, 6) is 1.36. The van der Waals surface area contributed by atoms with Gasteiger partial charge in [0.1, 0.15) is 11.5 Å². The van der Waals surface area contributed by atoms with Gasteiger partial charge in [0.25, 0.3) is 5.91 Å². The van der Waals surface area contributed by atoms with Crippen LogP contribution in [0.25, 0.3) is 0 Å². The number of ether oxygens (including phenoxy) is 2. The van der Waals surface area contributed by atoms with Crippen LogP contribution >= 0.6 is 15.9 Å². The van der Waals surface area contributed by atoms with Gasteiger partial charge >= 0.3 is 0 Å². The van der Waals surface area contributed by atoms with E-state index in [2.05, 4.69) is 52.4 Å². The molecule has 1 amide bonds. The third kappa shape index (κ3) is 6.63. The Balaban J connectivity index is 1.47. The molecule has 0 bridgehead atoms. The Morgan fingerprint density at radius 3 is 2.40 bits per heavy atom. The zero-order valence-corrected chi connectivity index (χ0v) is 18.7. The maximum absolute atomic E-state index is 12.5. The van der Waals surface area contributed by atoms with Crippen LogP contribution in [-0.4, -0.2) is 19.1 Å². The average Bonchev–Trinajstić information content (AvgIpc) is 2.77. The molecular formula is C25H26BrNO3. The topological polar surface area (TPSA) is 47.6 Å². The number of carbonyl (C=O) groups excluding carboxylic acids is 1. The molecule has 4 nitrogen and oxygen atoms in total. The van der Waals surface area contributed by atoms with Crippen molar-refractivity contribution >= 4 is 27.5 Å². The molecule has 3 rings (SSSR count). The van der Waals surface area contributed by atoms with Crippen molar-refractivity contribution in [2.45, 2.75) is 26.2 Å². The molecule has 0 radical (unpaired) electrons. The first kappa shape index (κ1) is 21.9. The summed E-state index contributed by atoms with van der Waals surface area (Å²) in [6, 6.07) is 23.1. The van der Waals surface area contributed by atoms with Crippen molar-refractivity contribution in [2.24, 2.45) is 0 Å². The van der Waals surface area contributed by atoms with Crippen LogP contribution in [-0.2, 0) is 6.42 Å². The number of hydrogen-bond donors (Lipinski definition) is 1. The molecule has 0 heterocycles. The van der Waals surface area contributed by atoms with E-state index in [-0.39, 0.29) is 5.91 Å². The summed E-state index contributed by atoms with van der Waals surface area (Å²) in [4.78, 5) is 12.5. The normalized spacial score (nSPS) is 10.5. The molecule has 0 spiro atoms. The molecule has 5 heteroatoms. The van der Waals surface area contributed by atoms with Gasteiger partial charge in [0, 0.05) is 11.3 Å². The number of halogens is 1. The maximum atomic E-state index is 12.5. The van der Waals surface area contributed by atoms with Crippen LogP contribution in [0.15, 0.2) is 77.3 Å². The van der Waals surface area contributed by atoms with Crippen molar-refractivity contribution in [3.8, 4) is 11.5 Å². The summed E-state index contributed by atoms with van der Waals surface area (Å²) >= 11 is 3.46. The van der Waals surface area contributed by atoms with Crippen molar-refractivity contribution in [3.05, 3.63) is 88.4 Å². The van der Waals surface area contributed by atoms with Gasteiger partial charge in [-0.05, 0) is 83.2 Å². The van der Waals surface area contributed by atoms with E-state index in [4.69, 9.17) is 9.47 Å². The minimum Gasteiger partial charge on any atom is -0.494 e. The third-order valence-electron chi connectivity index (χ3n) is 4.49. The Kier molecular flexibility index (Phi) is 8.33. The summed E-state index contributed by atoms with van der Waals surface area (Å²) in [5, 5.41) is 2.91. The van der Waals surface area contributed by atoms with E-state index in [1.807, 2.05) is 30.3 Å². The fraction of sp³-hybridized carbons (Fsp3) is 0.240. The van der Waals surface area contributed by atoms with Gasteiger partial charge in [-0.1, -0.05) is 37.3 Å². The van der Waals surface area contributed by atoms with Crippen molar-refractivity contribution in [3.63, 3.8) is 0 Å². The molecule has 0 saturated carbocycles. The second-order valence-corrected chi connectivity index (χ2v) is 7.76. The standard InChI is InChI=1S/C25H26BrNO3/c1-2-16-30-24-15-10-20(18-23(24)26)25(28)27-21-11-13-22(14-12-21)29-17-6-9-19-7-4-3-5-8-19/h3-5,7-8,10-15,18H,2,6,9,16-17H2,1H3,(H,27,28). The number of carbonyl (C=O) groups is 1. The summed E-state index contributed by atoms with van der Waals surface area (Å²) in [6.45, 7) is 3.35. The van der Waals surface area contributed by atoms with Gasteiger partial charge < -0.3 is 14.8 Å². The maximum Gasteiger partial charge on any atom is 0.255 e. The minimum absolute atomic E-state index is 0.172. The van der Waals surface area contributed by atoms with E-state index in [0.29, 0.717) is 18.8 Å². The third-order valence-corrected chi connectivity index (χ3v) is 5.11. The van der Waals surface area contributed by atoms with E-state index in [9.17, 15) is 4.79 Å². The molecule has 0 aliphatic carbocycles. The molecule has 0 aliphatic rings. The quantitative estimate of drug-likeness (QED) is 0.346. The van der Waals surface area contributed by atoms with E-state index in [0.717, 1.165) is 40.9 Å². The molecule has 0 atom stereocenters. The number of hydrogen-bond acceptors (Lipinski definition) is 3. The Hall–Kier alpha value is -2.79. The molecular weight excluding hydrogens is 442 g/mol. The first-order valence-electron chi connectivity index (χ1n) is 10.2. The molecule has 0 unspecified atom stereocenters. The molecule has 0 fully saturated rings. The van der Waals surface area contributed by atoms with Crippen LogP contribution in [0, 0.1) is 0 Å². The number of rotatable bonds is 10. The fourth-order valence-corrected chi connectivity index (χ4v) is 3.41. The summed E-state index contributed by atoms with van der Waals surface area (Å²) in [6.07, 6.45) is 2.88. The Bertz CT molecular complexity index is 942. The lowest BCUT2D eigenvalue weighted by molar-refractivity contribution is 0.102. The SMILES string of the molecule is CCCOc1ccc(C(=O)Nc2ccc(OCCCc3ccccc3)cc2)cc1Br. The van der Waals surface area contributed by atoms with Gasteiger partial charge in [0.15, 0.2) is 0 Å². The van der Waals surface area contributed by atoms with Crippen LogP contribution in [0.5, 0.6) is 11.5 Å². The molecule has 0 aliphatic heterocycles. The zero-order chi connectivity index (χ0) is 21.2. The van der Waals surface area contributed by atoms with Gasteiger partial charge in [-0.2, -0.15) is 0 Å². The van der Waals surface area contributed by atoms with E-state index < -0.39 is 0 Å². The van der Waals surface area contributed by atoms with Gasteiger partial charge in [-0.15, -0.1) is 0 Å². The van der Waals surface area contributed by atoms with Gasteiger partial charge in [-0.3, -0.25) is 4.79 Å². The second kappa shape index (κ2) is 11.4. The van der Waals surface area contributed by atoms with Crippen LogP contribution in [0.4, 0.5) is 5.69 Å². The molecule has 3 aromatic rings. The number of aryl methyl sites for hydroxylation is 1. The van der Waals surface area contributed by atoms with Crippen LogP contribution in [0.2, 0.25) is 0 Å². The lowest BCUT2D eigenvalue weighted by atomic mass is 10.1. The molecule has 0 saturated heterocycles. The second-order valence-electron chi connectivity index (χ2n) is 6.91. The predicted octanol–water partition coefficient (Wildman–Crippen LogP) is 6.50. The number of benzene rings is 3. The van der Waals surface area contributed by atoms with Crippen molar-refractivity contribution < 1.29 is 14.3 Å². The van der Waals surface area contributed by atoms with E-state index in [1.54, 1.807) is 18.2 Å². The van der Waals surface area contributed by atoms with Crippen LogP contribution < -0.4 is 14.8 Å². The Morgan fingerprint density at radius 2 is 1.70 bits per heavy atom. The molecule has 156 valence electrons. The largest absolute Gasteiger partial charge is 0.494 e. The molecule has 1 N–H and O–H groups in total. The number of amides is 1. The van der Waals surface area contributed by atoms with E-state index in [1.165, 1.54) is 5.56 Å². The average molecular weight is 468 g/mol. The Morgan fingerprint density at radius 1 is 0.933 bits per heavy atom. The van der Waals surface area contributed by atoms with Gasteiger partial charge in [0.05, 0.1) is 17.7 Å². The van der Waals surface area contributed by atoms with Crippen LogP contribution in [0.3, 0.4) is 0 Å². The smallest absolute Gasteiger partial charge is 0.255 e. The monoisotopic (exact) mass is 467 g/mol. The number of anilines is 1. The predicted molar refractivity (Wildman–Crippen MR) is 125 cm³/mol. The molecule has 30 heavy (non-hydrogen) atoms. The highest BCUT2D eigenvalue weighted by Gasteiger charge is 2.10. The van der Waals surface area contributed by atoms with Crippen molar-refractivity contribution in [1.29, 1.82) is 0 Å². The summed E-state index contributed by atoms with van der Waals surface area (Å²) in [5.41, 5.74) is 2.60. The molecule has 0 aromatic heterocycles. The summed E-state index contributed by atoms with van der Waals surface area (Å²) < 4.78 is 12.2. The highest BCUT2D eigenvalue weighted by Crippen LogP contribution is 2.27. The summed E-state index contributed by atoms with van der Waals surface area (Å²) in [7, 11) is 0. The minimum atomic E-state index is -0.172. The van der Waals surface area contributed by atoms with Gasteiger partial charge in [0.2, 0.25) is 0 Å². The highest BCUT2D eigenvalue weighted by atomic mass is 79.9. The number of nitrogens with one attached hydrogen (secondary N) is 1. The first-order chi connectivity index (χ1) is 14.7. The zero-order valence-electron chi connectivity index (χ0n) is 17.1. The highest BCUT2D eigenvalue weighted by molar-refractivity contribution is 9.10. The lowest BCUT2D eigenvalue weighted by Gasteiger charge is -2.10. The van der Waals surface area contributed by atoms with Crippen molar-refractivity contribution in [2.75, 3.05) is 18.5 Å². The molecule has 3 aromatic carbocycles. The van der Waals surface area contributed by atoms with E-state index >= 15 is 0 Å². The Labute approximate surface area is 186 Å². The van der Waals surface area contributed by atoms with Gasteiger partial charge in [-0.25, -0.2) is 0 Å². The lowest BCUT2D eigenvalue weighted by Crippen LogP contribution is -2.12. The fourth-order valence-electron chi connectivity index (χ4n) is 2.92. The van der Waals surface area contributed by atoms with Crippen LogP contribution in [0.1, 0.15) is 35.7 Å². The first-order valence-corrected chi connectivity index (χ1v) is 11.0.